The maximum Gasteiger partial charge on any atom is 0.391 e. The number of aromatic nitrogens is 1. The molecule has 0 aliphatic heterocycles. The summed E-state index contributed by atoms with van der Waals surface area (Å²) in [6, 6.07) is -0.799. The third kappa shape index (κ3) is 4.59. The molecule has 0 saturated heterocycles. The summed E-state index contributed by atoms with van der Waals surface area (Å²) in [5, 5.41) is 2.84. The van der Waals surface area contributed by atoms with Crippen molar-refractivity contribution in [2.45, 2.75) is 25.6 Å². The van der Waals surface area contributed by atoms with Crippen molar-refractivity contribution in [3.05, 3.63) is 11.1 Å². The van der Waals surface area contributed by atoms with Crippen LogP contribution in [-0.2, 0) is 4.74 Å². The molecule has 0 radical (unpaired) electrons. The largest absolute Gasteiger partial charge is 0.465 e. The zero-order chi connectivity index (χ0) is 13.1. The van der Waals surface area contributed by atoms with Gasteiger partial charge in [-0.3, -0.25) is 0 Å². The number of rotatable bonds is 4. The van der Waals surface area contributed by atoms with Gasteiger partial charge in [-0.05, 0) is 6.92 Å². The van der Waals surface area contributed by atoms with Crippen LogP contribution in [0.15, 0.2) is 6.20 Å². The molecule has 1 heterocycles. The van der Waals surface area contributed by atoms with Gasteiger partial charge in [0.2, 0.25) is 0 Å². The monoisotopic (exact) mass is 268 g/mol. The van der Waals surface area contributed by atoms with E-state index >= 15 is 0 Å². The molecule has 1 N–H and O–H groups in total. The molecule has 1 unspecified atom stereocenters. The van der Waals surface area contributed by atoms with Crippen molar-refractivity contribution in [1.82, 2.24) is 4.98 Å². The summed E-state index contributed by atoms with van der Waals surface area (Å²) >= 11 is 0.956. The second-order valence-corrected chi connectivity index (χ2v) is 4.42. The third-order valence-electron chi connectivity index (χ3n) is 1.80. The fourth-order valence-electron chi connectivity index (χ4n) is 1.14. The lowest BCUT2D eigenvalue weighted by Crippen LogP contribution is -2.23. The second kappa shape index (κ2) is 5.35. The fraction of sp³-hybridized carbons (Fsp3) is 0.556. The van der Waals surface area contributed by atoms with Crippen LogP contribution in [0.3, 0.4) is 0 Å². The molecule has 0 spiro atoms. The molecule has 96 valence electrons. The van der Waals surface area contributed by atoms with Gasteiger partial charge in [-0.1, -0.05) is 11.3 Å². The van der Waals surface area contributed by atoms with Gasteiger partial charge >= 0.3 is 12.1 Å². The van der Waals surface area contributed by atoms with Gasteiger partial charge in [0.1, 0.15) is 4.88 Å². The average molecular weight is 268 g/mol. The first-order chi connectivity index (χ1) is 7.81. The van der Waals surface area contributed by atoms with E-state index in [-0.39, 0.29) is 10.0 Å². The average Bonchev–Trinajstić information content (AvgIpc) is 2.62. The molecule has 0 bridgehead atoms. The number of alkyl halides is 3. The van der Waals surface area contributed by atoms with Crippen molar-refractivity contribution >= 4 is 22.4 Å². The number of anilines is 1. The lowest BCUT2D eigenvalue weighted by atomic mass is 10.2. The molecule has 1 aromatic heterocycles. The van der Waals surface area contributed by atoms with Crippen molar-refractivity contribution < 1.29 is 22.7 Å². The molecule has 0 aromatic carbocycles. The Morgan fingerprint density at radius 2 is 2.29 bits per heavy atom. The Morgan fingerprint density at radius 1 is 1.65 bits per heavy atom. The summed E-state index contributed by atoms with van der Waals surface area (Å²) in [5.41, 5.74) is 0. The molecule has 0 aliphatic carbocycles. The van der Waals surface area contributed by atoms with Crippen LogP contribution in [0.4, 0.5) is 18.3 Å². The van der Waals surface area contributed by atoms with Crippen molar-refractivity contribution in [1.29, 1.82) is 0 Å². The quantitative estimate of drug-likeness (QED) is 0.853. The zero-order valence-corrected chi connectivity index (χ0v) is 9.98. The van der Waals surface area contributed by atoms with Crippen molar-refractivity contribution in [3.63, 3.8) is 0 Å². The lowest BCUT2D eigenvalue weighted by molar-refractivity contribution is -0.136. The van der Waals surface area contributed by atoms with Crippen molar-refractivity contribution in [2.75, 3.05) is 12.4 Å². The molecule has 0 saturated carbocycles. The molecule has 0 amide bonds. The fourth-order valence-corrected chi connectivity index (χ4v) is 1.99. The Balaban J connectivity index is 2.57. The number of halogens is 3. The van der Waals surface area contributed by atoms with Gasteiger partial charge in [0, 0.05) is 6.04 Å². The van der Waals surface area contributed by atoms with E-state index in [9.17, 15) is 18.0 Å². The minimum atomic E-state index is -4.23. The van der Waals surface area contributed by atoms with E-state index in [4.69, 9.17) is 0 Å². The van der Waals surface area contributed by atoms with Crippen molar-refractivity contribution in [3.8, 4) is 0 Å². The second-order valence-electron chi connectivity index (χ2n) is 3.39. The maximum absolute atomic E-state index is 12.1. The maximum atomic E-state index is 12.1. The number of ether oxygens (including phenoxy) is 1. The Morgan fingerprint density at radius 3 is 2.82 bits per heavy atom. The Kier molecular flexibility index (Phi) is 4.33. The van der Waals surface area contributed by atoms with E-state index in [0.717, 1.165) is 11.3 Å². The summed E-state index contributed by atoms with van der Waals surface area (Å²) in [5.74, 6) is -0.556. The van der Waals surface area contributed by atoms with Gasteiger partial charge in [0.25, 0.3) is 0 Å². The first kappa shape index (κ1) is 13.8. The molecule has 8 heteroatoms. The van der Waals surface area contributed by atoms with E-state index in [1.165, 1.54) is 20.2 Å². The van der Waals surface area contributed by atoms with Crippen LogP contribution in [0, 0.1) is 0 Å². The summed E-state index contributed by atoms with van der Waals surface area (Å²) in [7, 11) is 1.22. The minimum absolute atomic E-state index is 0.245. The number of nitrogens with zero attached hydrogens (tertiary/aromatic N) is 1. The number of carbonyl (C=O) groups is 1. The molecular weight excluding hydrogens is 257 g/mol. The van der Waals surface area contributed by atoms with E-state index in [1.54, 1.807) is 0 Å². The van der Waals surface area contributed by atoms with Crippen LogP contribution in [0.2, 0.25) is 0 Å². The van der Waals surface area contributed by atoms with Crippen LogP contribution < -0.4 is 5.32 Å². The zero-order valence-electron chi connectivity index (χ0n) is 9.17. The summed E-state index contributed by atoms with van der Waals surface area (Å²) in [4.78, 5) is 15.1. The van der Waals surface area contributed by atoms with Gasteiger partial charge in [-0.2, -0.15) is 13.2 Å². The molecule has 1 aromatic rings. The molecule has 1 atom stereocenters. The molecule has 0 fully saturated rings. The van der Waals surface area contributed by atoms with Gasteiger partial charge in [0.05, 0.1) is 19.7 Å². The summed E-state index contributed by atoms with van der Waals surface area (Å²) < 4.78 is 40.7. The number of hydrogen-bond acceptors (Lipinski definition) is 5. The molecule has 17 heavy (non-hydrogen) atoms. The minimum Gasteiger partial charge on any atom is -0.465 e. The predicted octanol–water partition coefficient (Wildman–Crippen LogP) is 2.68. The topological polar surface area (TPSA) is 51.2 Å². The smallest absolute Gasteiger partial charge is 0.391 e. The lowest BCUT2D eigenvalue weighted by Gasteiger charge is -2.14. The SMILES string of the molecule is COC(=O)c1cnc(NC(C)CC(F)(F)F)s1. The van der Waals surface area contributed by atoms with E-state index in [1.807, 2.05) is 0 Å². The first-order valence-electron chi connectivity index (χ1n) is 4.69. The third-order valence-corrected chi connectivity index (χ3v) is 2.71. The Labute approximate surface area is 99.8 Å². The van der Waals surface area contributed by atoms with Crippen LogP contribution in [0.25, 0.3) is 0 Å². The van der Waals surface area contributed by atoms with E-state index < -0.39 is 24.6 Å². The normalized spacial score (nSPS) is 13.2. The van der Waals surface area contributed by atoms with Crippen LogP contribution in [0.1, 0.15) is 23.0 Å². The van der Waals surface area contributed by atoms with Crippen LogP contribution >= 0.6 is 11.3 Å². The number of methoxy groups -OCH3 is 1. The number of carbonyl (C=O) groups excluding carboxylic acids is 1. The molecule has 4 nitrogen and oxygen atoms in total. The Hall–Kier alpha value is -1.31. The van der Waals surface area contributed by atoms with E-state index in [0.29, 0.717) is 0 Å². The highest BCUT2D eigenvalue weighted by Crippen LogP contribution is 2.25. The molecular formula is C9H11F3N2O2S. The number of thiazole rings is 1. The highest BCUT2D eigenvalue weighted by atomic mass is 32.1. The van der Waals surface area contributed by atoms with E-state index in [2.05, 4.69) is 15.0 Å². The predicted molar refractivity (Wildman–Crippen MR) is 57.2 cm³/mol. The number of nitrogens with one attached hydrogen (secondary N) is 1. The van der Waals surface area contributed by atoms with Gasteiger partial charge in [-0.25, -0.2) is 9.78 Å². The van der Waals surface area contributed by atoms with Gasteiger partial charge in [0.15, 0.2) is 5.13 Å². The van der Waals surface area contributed by atoms with Crippen molar-refractivity contribution in [2.24, 2.45) is 0 Å². The first-order valence-corrected chi connectivity index (χ1v) is 5.51. The highest BCUT2D eigenvalue weighted by Gasteiger charge is 2.30. The summed E-state index contributed by atoms with van der Waals surface area (Å²) in [6.07, 6.45) is -3.92. The van der Waals surface area contributed by atoms with Crippen LogP contribution in [0.5, 0.6) is 0 Å². The highest BCUT2D eigenvalue weighted by molar-refractivity contribution is 7.17. The summed E-state index contributed by atoms with van der Waals surface area (Å²) in [6.45, 7) is 1.40. The number of hydrogen-bond donors (Lipinski definition) is 1. The number of esters is 1. The standard InChI is InChI=1S/C9H11F3N2O2S/c1-5(3-9(10,11)12)14-8-13-4-6(17-8)7(15)16-2/h4-5H,3H2,1-2H3,(H,13,14). The molecule has 0 aliphatic rings. The van der Waals surface area contributed by atoms with Gasteiger partial charge in [-0.15, -0.1) is 0 Å². The van der Waals surface area contributed by atoms with Crippen LogP contribution in [-0.4, -0.2) is 30.3 Å². The van der Waals surface area contributed by atoms with Gasteiger partial charge < -0.3 is 10.1 Å². The Bertz CT molecular complexity index is 392. The molecule has 1 rings (SSSR count).